The fraction of sp³-hybridized carbons (Fsp3) is 0.0870. The summed E-state index contributed by atoms with van der Waals surface area (Å²) in [6.45, 7) is 0.346. The van der Waals surface area contributed by atoms with E-state index in [9.17, 15) is 19.2 Å². The largest absolute Gasteiger partial charge is 0.350 e. The standard InChI is InChI=1S/C23H18FN3O2S/c24-19-10-4-2-8-17(19)22(28)26-13-14-27-23(29)18-9-3-6-12-21(18)30-20-11-5-1-7-16(20)15-25/h1-12H,13-14H2,(H,26,28)(H,27,29). The molecule has 3 rings (SSSR count). The van der Waals surface area contributed by atoms with Crippen LogP contribution < -0.4 is 10.6 Å². The van der Waals surface area contributed by atoms with Gasteiger partial charge in [0.1, 0.15) is 11.9 Å². The molecule has 3 aromatic rings. The summed E-state index contributed by atoms with van der Waals surface area (Å²) in [4.78, 5) is 26.1. The smallest absolute Gasteiger partial charge is 0.254 e. The van der Waals surface area contributed by atoms with Crippen molar-refractivity contribution in [1.29, 1.82) is 5.26 Å². The van der Waals surface area contributed by atoms with Crippen LogP contribution in [0.2, 0.25) is 0 Å². The van der Waals surface area contributed by atoms with Crippen molar-refractivity contribution in [2.75, 3.05) is 13.1 Å². The van der Waals surface area contributed by atoms with Crippen LogP contribution in [-0.4, -0.2) is 24.9 Å². The summed E-state index contributed by atoms with van der Waals surface area (Å²) >= 11 is 1.34. The van der Waals surface area contributed by atoms with E-state index >= 15 is 0 Å². The molecule has 0 saturated heterocycles. The molecule has 0 aliphatic carbocycles. The van der Waals surface area contributed by atoms with Crippen LogP contribution in [0.4, 0.5) is 4.39 Å². The molecular formula is C23H18FN3O2S. The lowest BCUT2D eigenvalue weighted by atomic mass is 10.2. The molecule has 0 radical (unpaired) electrons. The van der Waals surface area contributed by atoms with Gasteiger partial charge in [0.2, 0.25) is 0 Å². The Balaban J connectivity index is 1.59. The average molecular weight is 419 g/mol. The first-order chi connectivity index (χ1) is 14.6. The van der Waals surface area contributed by atoms with Crippen molar-refractivity contribution in [3.63, 3.8) is 0 Å². The summed E-state index contributed by atoms with van der Waals surface area (Å²) < 4.78 is 13.6. The zero-order chi connectivity index (χ0) is 21.3. The van der Waals surface area contributed by atoms with Crippen LogP contribution in [0.3, 0.4) is 0 Å². The number of hydrogen-bond acceptors (Lipinski definition) is 4. The third-order valence-electron chi connectivity index (χ3n) is 4.17. The number of nitrogens with zero attached hydrogens (tertiary/aromatic N) is 1. The summed E-state index contributed by atoms with van der Waals surface area (Å²) in [5.41, 5.74) is 0.964. The van der Waals surface area contributed by atoms with Gasteiger partial charge in [-0.2, -0.15) is 5.26 Å². The van der Waals surface area contributed by atoms with E-state index in [1.165, 1.54) is 30.0 Å². The molecule has 0 spiro atoms. The number of rotatable bonds is 7. The number of hydrogen-bond donors (Lipinski definition) is 2. The van der Waals surface area contributed by atoms with Gasteiger partial charge < -0.3 is 10.6 Å². The molecule has 0 aliphatic heterocycles. The zero-order valence-corrected chi connectivity index (χ0v) is 16.7. The number of carbonyl (C=O) groups is 2. The normalized spacial score (nSPS) is 10.1. The Morgan fingerprint density at radius 3 is 2.00 bits per heavy atom. The minimum absolute atomic E-state index is 0.0401. The van der Waals surface area contributed by atoms with E-state index < -0.39 is 11.7 Å². The van der Waals surface area contributed by atoms with E-state index in [1.54, 1.807) is 30.3 Å². The second kappa shape index (κ2) is 10.2. The molecule has 7 heteroatoms. The van der Waals surface area contributed by atoms with E-state index in [1.807, 2.05) is 24.3 Å². The number of halogens is 1. The minimum Gasteiger partial charge on any atom is -0.350 e. The number of amides is 2. The van der Waals surface area contributed by atoms with Gasteiger partial charge in [-0.05, 0) is 36.4 Å². The van der Waals surface area contributed by atoms with Crippen LogP contribution in [0.25, 0.3) is 0 Å². The number of nitriles is 1. The van der Waals surface area contributed by atoms with Gasteiger partial charge >= 0.3 is 0 Å². The maximum atomic E-state index is 13.6. The Morgan fingerprint density at radius 2 is 1.33 bits per heavy atom. The molecule has 0 heterocycles. The lowest BCUT2D eigenvalue weighted by molar-refractivity contribution is 0.0924. The van der Waals surface area contributed by atoms with Crippen LogP contribution in [0.1, 0.15) is 26.3 Å². The summed E-state index contributed by atoms with van der Waals surface area (Å²) in [7, 11) is 0. The molecule has 5 nitrogen and oxygen atoms in total. The Kier molecular flexibility index (Phi) is 7.19. The third kappa shape index (κ3) is 5.25. The molecule has 2 amide bonds. The number of carbonyl (C=O) groups excluding carboxylic acids is 2. The molecule has 30 heavy (non-hydrogen) atoms. The second-order valence-electron chi connectivity index (χ2n) is 6.20. The molecule has 0 saturated carbocycles. The van der Waals surface area contributed by atoms with E-state index in [2.05, 4.69) is 16.7 Å². The molecule has 0 bridgehead atoms. The Hall–Kier alpha value is -3.63. The summed E-state index contributed by atoms with van der Waals surface area (Å²) in [5, 5.41) is 14.6. The minimum atomic E-state index is -0.595. The zero-order valence-electron chi connectivity index (χ0n) is 15.9. The first-order valence-corrected chi connectivity index (χ1v) is 9.98. The Bertz CT molecular complexity index is 1110. The second-order valence-corrected chi connectivity index (χ2v) is 7.28. The van der Waals surface area contributed by atoms with Gasteiger partial charge in [0, 0.05) is 22.9 Å². The van der Waals surface area contributed by atoms with E-state index in [4.69, 9.17) is 0 Å². The van der Waals surface area contributed by atoms with Crippen LogP contribution in [0.15, 0.2) is 82.6 Å². The first kappa shape index (κ1) is 21.1. The van der Waals surface area contributed by atoms with Crippen molar-refractivity contribution in [1.82, 2.24) is 10.6 Å². The van der Waals surface area contributed by atoms with Crippen molar-refractivity contribution in [3.05, 3.63) is 95.3 Å². The highest BCUT2D eigenvalue weighted by molar-refractivity contribution is 7.99. The molecule has 0 aromatic heterocycles. The number of benzene rings is 3. The maximum Gasteiger partial charge on any atom is 0.254 e. The van der Waals surface area contributed by atoms with Crippen LogP contribution in [-0.2, 0) is 0 Å². The molecule has 0 fully saturated rings. The third-order valence-corrected chi connectivity index (χ3v) is 5.33. The van der Waals surface area contributed by atoms with Crippen LogP contribution >= 0.6 is 11.8 Å². The van der Waals surface area contributed by atoms with E-state index in [-0.39, 0.29) is 24.6 Å². The maximum absolute atomic E-state index is 13.6. The molecule has 0 aliphatic rings. The van der Waals surface area contributed by atoms with Gasteiger partial charge in [0.05, 0.1) is 16.7 Å². The van der Waals surface area contributed by atoms with Crippen molar-refractivity contribution in [2.24, 2.45) is 0 Å². The summed E-state index contributed by atoms with van der Waals surface area (Å²) in [6, 6.07) is 22.1. The molecule has 2 N–H and O–H groups in total. The van der Waals surface area contributed by atoms with Crippen LogP contribution in [0, 0.1) is 17.1 Å². The van der Waals surface area contributed by atoms with Crippen molar-refractivity contribution < 1.29 is 14.0 Å². The highest BCUT2D eigenvalue weighted by Crippen LogP contribution is 2.32. The van der Waals surface area contributed by atoms with Gasteiger partial charge in [-0.1, -0.05) is 48.2 Å². The summed E-state index contributed by atoms with van der Waals surface area (Å²) in [6.07, 6.45) is 0. The van der Waals surface area contributed by atoms with Crippen molar-refractivity contribution in [3.8, 4) is 6.07 Å². The summed E-state index contributed by atoms with van der Waals surface area (Å²) in [5.74, 6) is -1.43. The number of nitrogens with one attached hydrogen (secondary N) is 2. The van der Waals surface area contributed by atoms with Gasteiger partial charge in [-0.3, -0.25) is 9.59 Å². The SMILES string of the molecule is N#Cc1ccccc1Sc1ccccc1C(=O)NCCNC(=O)c1ccccc1F. The topological polar surface area (TPSA) is 82.0 Å². The van der Waals surface area contributed by atoms with Gasteiger partial charge in [-0.15, -0.1) is 0 Å². The lowest BCUT2D eigenvalue weighted by Crippen LogP contribution is -2.35. The average Bonchev–Trinajstić information content (AvgIpc) is 2.77. The van der Waals surface area contributed by atoms with Crippen molar-refractivity contribution >= 4 is 23.6 Å². The molecule has 0 unspecified atom stereocenters. The molecule has 150 valence electrons. The monoisotopic (exact) mass is 419 g/mol. The predicted octanol–water partition coefficient (Wildman–Crippen LogP) is 4.01. The molecule has 0 atom stereocenters. The quantitative estimate of drug-likeness (QED) is 0.567. The van der Waals surface area contributed by atoms with Crippen LogP contribution in [0.5, 0.6) is 0 Å². The van der Waals surface area contributed by atoms with Gasteiger partial charge in [-0.25, -0.2) is 4.39 Å². The fourth-order valence-corrected chi connectivity index (χ4v) is 3.72. The van der Waals surface area contributed by atoms with Crippen molar-refractivity contribution in [2.45, 2.75) is 9.79 Å². The Morgan fingerprint density at radius 1 is 0.800 bits per heavy atom. The van der Waals surface area contributed by atoms with E-state index in [0.717, 1.165) is 4.90 Å². The highest BCUT2D eigenvalue weighted by atomic mass is 32.2. The fourth-order valence-electron chi connectivity index (χ4n) is 2.70. The lowest BCUT2D eigenvalue weighted by Gasteiger charge is -2.11. The molecular weight excluding hydrogens is 401 g/mol. The predicted molar refractivity (Wildman–Crippen MR) is 113 cm³/mol. The Labute approximate surface area is 177 Å². The highest BCUT2D eigenvalue weighted by Gasteiger charge is 2.14. The molecule has 3 aromatic carbocycles. The van der Waals surface area contributed by atoms with Gasteiger partial charge in [0.25, 0.3) is 11.8 Å². The first-order valence-electron chi connectivity index (χ1n) is 9.17. The van der Waals surface area contributed by atoms with E-state index in [0.29, 0.717) is 16.0 Å². The van der Waals surface area contributed by atoms with Gasteiger partial charge in [0.15, 0.2) is 0 Å².